The van der Waals surface area contributed by atoms with Crippen molar-refractivity contribution in [1.29, 1.82) is 0 Å². The highest BCUT2D eigenvalue weighted by Gasteiger charge is 2.19. The molecule has 0 saturated heterocycles. The maximum absolute atomic E-state index is 12.2. The number of aromatic carboxylic acids is 1. The first-order chi connectivity index (χ1) is 10.8. The summed E-state index contributed by atoms with van der Waals surface area (Å²) in [4.78, 5) is 24.5. The van der Waals surface area contributed by atoms with E-state index < -0.39 is 20.7 Å². The lowest BCUT2D eigenvalue weighted by atomic mass is 10.1. The van der Waals surface area contributed by atoms with Gasteiger partial charge in [0, 0.05) is 6.07 Å². The summed E-state index contributed by atoms with van der Waals surface area (Å²) in [5.41, 5.74) is 0.130. The van der Waals surface area contributed by atoms with E-state index >= 15 is 0 Å². The van der Waals surface area contributed by atoms with E-state index in [1.54, 1.807) is 18.2 Å². The van der Waals surface area contributed by atoms with Gasteiger partial charge in [-0.15, -0.1) is 0 Å². The zero-order valence-corrected chi connectivity index (χ0v) is 12.6. The largest absolute Gasteiger partial charge is 0.478 e. The Morgan fingerprint density at radius 1 is 1.22 bits per heavy atom. The van der Waals surface area contributed by atoms with Crippen molar-refractivity contribution in [1.82, 2.24) is 4.98 Å². The Morgan fingerprint density at radius 2 is 1.91 bits per heavy atom. The fourth-order valence-electron chi connectivity index (χ4n) is 1.96. The van der Waals surface area contributed by atoms with E-state index in [-0.39, 0.29) is 28.5 Å². The average molecular weight is 336 g/mol. The second kappa shape index (κ2) is 6.53. The molecule has 0 bridgehead atoms. The number of aromatic nitrogens is 1. The number of pyridine rings is 1. The van der Waals surface area contributed by atoms with Crippen LogP contribution < -0.4 is 0 Å². The molecule has 0 aliphatic heterocycles. The third-order valence-corrected chi connectivity index (χ3v) is 4.76. The molecule has 0 unspecified atom stereocenters. The van der Waals surface area contributed by atoms with Crippen LogP contribution in [0.1, 0.15) is 15.9 Å². The third kappa shape index (κ3) is 3.89. The molecule has 120 valence electrons. The number of sulfone groups is 1. The molecular weight excluding hydrogens is 324 g/mol. The minimum Gasteiger partial charge on any atom is -0.478 e. The van der Waals surface area contributed by atoms with E-state index in [0.29, 0.717) is 5.56 Å². The normalized spacial score (nSPS) is 11.1. The number of nitro groups is 1. The van der Waals surface area contributed by atoms with Crippen LogP contribution in [0.5, 0.6) is 0 Å². The number of nitrogens with zero attached hydrogens (tertiary/aromatic N) is 2. The van der Waals surface area contributed by atoms with Crippen LogP contribution in [0.3, 0.4) is 0 Å². The van der Waals surface area contributed by atoms with Crippen molar-refractivity contribution in [3.8, 4) is 0 Å². The van der Waals surface area contributed by atoms with Gasteiger partial charge in [-0.05, 0) is 24.1 Å². The molecule has 2 rings (SSSR count). The van der Waals surface area contributed by atoms with Crippen LogP contribution in [0.4, 0.5) is 5.69 Å². The molecule has 9 heteroatoms. The lowest BCUT2D eigenvalue weighted by Gasteiger charge is -2.06. The molecule has 1 N–H and O–H groups in total. The first-order valence-corrected chi connectivity index (χ1v) is 8.11. The molecule has 0 radical (unpaired) electrons. The topological polar surface area (TPSA) is 127 Å². The Labute approximate surface area is 131 Å². The highest BCUT2D eigenvalue weighted by molar-refractivity contribution is 7.91. The second-order valence-electron chi connectivity index (χ2n) is 4.64. The van der Waals surface area contributed by atoms with Gasteiger partial charge in [-0.25, -0.2) is 18.2 Å². The van der Waals surface area contributed by atoms with Crippen molar-refractivity contribution in [2.24, 2.45) is 0 Å². The van der Waals surface area contributed by atoms with Crippen molar-refractivity contribution in [3.05, 3.63) is 63.8 Å². The summed E-state index contributed by atoms with van der Waals surface area (Å²) in [5.74, 6) is -1.48. The predicted molar refractivity (Wildman–Crippen MR) is 80.0 cm³/mol. The van der Waals surface area contributed by atoms with Gasteiger partial charge < -0.3 is 5.11 Å². The highest BCUT2D eigenvalue weighted by Crippen LogP contribution is 2.16. The Morgan fingerprint density at radius 3 is 2.48 bits per heavy atom. The van der Waals surface area contributed by atoms with Gasteiger partial charge in [-0.1, -0.05) is 18.2 Å². The average Bonchev–Trinajstić information content (AvgIpc) is 2.53. The van der Waals surface area contributed by atoms with Crippen molar-refractivity contribution < 1.29 is 23.2 Å². The summed E-state index contributed by atoms with van der Waals surface area (Å²) in [6, 6.07) is 8.25. The molecule has 0 fully saturated rings. The molecule has 2 aromatic rings. The monoisotopic (exact) mass is 336 g/mol. The van der Waals surface area contributed by atoms with Gasteiger partial charge >= 0.3 is 5.97 Å². The zero-order valence-electron chi connectivity index (χ0n) is 11.7. The van der Waals surface area contributed by atoms with Gasteiger partial charge in [0.1, 0.15) is 6.20 Å². The molecule has 8 nitrogen and oxygen atoms in total. The SMILES string of the molecule is O=C(O)c1ccccc1CCS(=O)(=O)c1ccc([N+](=O)[O-])cn1. The van der Waals surface area contributed by atoms with Crippen LogP contribution in [0.25, 0.3) is 0 Å². The summed E-state index contributed by atoms with van der Waals surface area (Å²) in [6.07, 6.45) is 0.877. The number of benzene rings is 1. The van der Waals surface area contributed by atoms with E-state index in [2.05, 4.69) is 4.98 Å². The summed E-state index contributed by atoms with van der Waals surface area (Å²) in [6.45, 7) is 0. The summed E-state index contributed by atoms with van der Waals surface area (Å²) in [7, 11) is -3.77. The minimum atomic E-state index is -3.77. The van der Waals surface area contributed by atoms with Crippen LogP contribution in [0.15, 0.2) is 47.6 Å². The van der Waals surface area contributed by atoms with Crippen LogP contribution in [0, 0.1) is 10.1 Å². The third-order valence-electron chi connectivity index (χ3n) is 3.14. The van der Waals surface area contributed by atoms with Crippen molar-refractivity contribution in [3.63, 3.8) is 0 Å². The second-order valence-corrected chi connectivity index (χ2v) is 6.70. The first-order valence-electron chi connectivity index (χ1n) is 6.45. The van der Waals surface area contributed by atoms with E-state index in [4.69, 9.17) is 5.11 Å². The maximum atomic E-state index is 12.2. The number of hydrogen-bond acceptors (Lipinski definition) is 6. The predicted octanol–water partition coefficient (Wildman–Crippen LogP) is 1.70. The van der Waals surface area contributed by atoms with Crippen LogP contribution >= 0.6 is 0 Å². The first kappa shape index (κ1) is 16.6. The number of carboxylic acids is 1. The molecule has 23 heavy (non-hydrogen) atoms. The zero-order chi connectivity index (χ0) is 17.0. The van der Waals surface area contributed by atoms with Crippen LogP contribution in [0.2, 0.25) is 0 Å². The van der Waals surface area contributed by atoms with Gasteiger partial charge in [0.15, 0.2) is 14.9 Å². The number of aryl methyl sites for hydroxylation is 1. The van der Waals surface area contributed by atoms with E-state index in [1.165, 1.54) is 6.07 Å². The molecule has 1 heterocycles. The molecule has 0 amide bonds. The van der Waals surface area contributed by atoms with Gasteiger partial charge in [0.05, 0.1) is 16.2 Å². The van der Waals surface area contributed by atoms with Crippen LogP contribution in [-0.2, 0) is 16.3 Å². The lowest BCUT2D eigenvalue weighted by molar-refractivity contribution is -0.385. The molecule has 0 aliphatic rings. The van der Waals surface area contributed by atoms with E-state index in [0.717, 1.165) is 18.3 Å². The van der Waals surface area contributed by atoms with Crippen molar-refractivity contribution in [2.45, 2.75) is 11.4 Å². The standard InChI is InChI=1S/C14H12N2O6S/c17-14(18)12-4-2-1-3-10(12)7-8-23(21,22)13-6-5-11(9-15-13)16(19)20/h1-6,9H,7-8H2,(H,17,18). The Balaban J connectivity index is 2.19. The van der Waals surface area contributed by atoms with Gasteiger partial charge in [-0.2, -0.15) is 0 Å². The molecule has 0 spiro atoms. The summed E-state index contributed by atoms with van der Waals surface area (Å²) < 4.78 is 24.4. The molecule has 0 saturated carbocycles. The summed E-state index contributed by atoms with van der Waals surface area (Å²) in [5, 5.41) is 19.3. The van der Waals surface area contributed by atoms with Crippen molar-refractivity contribution >= 4 is 21.5 Å². The number of carboxylic acid groups (broad SMARTS) is 1. The fraction of sp³-hybridized carbons (Fsp3) is 0.143. The number of carbonyl (C=O) groups is 1. The molecule has 1 aromatic carbocycles. The maximum Gasteiger partial charge on any atom is 0.335 e. The molecule has 0 aliphatic carbocycles. The molecule has 0 atom stereocenters. The Kier molecular flexibility index (Phi) is 4.70. The Hall–Kier alpha value is -2.81. The van der Waals surface area contributed by atoms with E-state index in [9.17, 15) is 23.3 Å². The summed E-state index contributed by atoms with van der Waals surface area (Å²) >= 11 is 0. The quantitative estimate of drug-likeness (QED) is 0.628. The highest BCUT2D eigenvalue weighted by atomic mass is 32.2. The smallest absolute Gasteiger partial charge is 0.335 e. The van der Waals surface area contributed by atoms with Gasteiger partial charge in [-0.3, -0.25) is 10.1 Å². The molecule has 1 aromatic heterocycles. The Bertz CT molecular complexity index is 846. The van der Waals surface area contributed by atoms with E-state index in [1.807, 2.05) is 0 Å². The number of hydrogen-bond donors (Lipinski definition) is 1. The number of rotatable bonds is 6. The van der Waals surface area contributed by atoms with Crippen molar-refractivity contribution in [2.75, 3.05) is 5.75 Å². The lowest BCUT2D eigenvalue weighted by Crippen LogP contribution is -2.13. The fourth-order valence-corrected chi connectivity index (χ4v) is 3.15. The van der Waals surface area contributed by atoms with Gasteiger partial charge in [0.2, 0.25) is 0 Å². The van der Waals surface area contributed by atoms with Gasteiger partial charge in [0.25, 0.3) is 5.69 Å². The molecular formula is C14H12N2O6S. The minimum absolute atomic E-state index is 0.00345. The van der Waals surface area contributed by atoms with Crippen LogP contribution in [-0.4, -0.2) is 35.2 Å².